The number of nitrogens with zero attached hydrogens (tertiary/aromatic N) is 2. The van der Waals surface area contributed by atoms with Crippen LogP contribution in [0.15, 0.2) is 30.3 Å². The number of hydrogen-bond donors (Lipinski definition) is 1. The molecule has 1 aliphatic heterocycles. The fraction of sp³-hybridized carbons (Fsp3) is 0.462. The highest BCUT2D eigenvalue weighted by atomic mass is 32.5. The minimum absolute atomic E-state index is 0.140. The Hall–Kier alpha value is -0.780. The van der Waals surface area contributed by atoms with Crippen molar-refractivity contribution in [3.8, 4) is 0 Å². The third-order valence-electron chi connectivity index (χ3n) is 3.49. The van der Waals surface area contributed by atoms with E-state index < -0.39 is 12.7 Å². The summed E-state index contributed by atoms with van der Waals surface area (Å²) >= 11 is 5.70. The fourth-order valence-electron chi connectivity index (χ4n) is 2.38. The summed E-state index contributed by atoms with van der Waals surface area (Å²) in [7, 11) is 7.34. The molecule has 0 aromatic heterocycles. The SMILES string of the molecule is CNC(=O)[C@@H]1OP(=S)(N(C)C)N(C)[C@@H]1c1ccccc1. The van der Waals surface area contributed by atoms with Gasteiger partial charge in [0.15, 0.2) is 6.10 Å². The molecule has 1 unspecified atom stereocenters. The lowest BCUT2D eigenvalue weighted by Gasteiger charge is -2.30. The molecule has 1 aromatic rings. The number of benzene rings is 1. The number of carbonyl (C=O) groups excluding carboxylic acids is 1. The predicted octanol–water partition coefficient (Wildman–Crippen LogP) is 1.59. The third kappa shape index (κ3) is 2.54. The van der Waals surface area contributed by atoms with Crippen molar-refractivity contribution in [2.45, 2.75) is 12.1 Å². The summed E-state index contributed by atoms with van der Waals surface area (Å²) in [5.41, 5.74) is 1.04. The molecule has 2 rings (SSSR count). The van der Waals surface area contributed by atoms with Crippen molar-refractivity contribution in [3.63, 3.8) is 0 Å². The Bertz CT molecular complexity index is 538. The highest BCUT2D eigenvalue weighted by molar-refractivity contribution is 8.10. The van der Waals surface area contributed by atoms with E-state index in [-0.39, 0.29) is 11.9 Å². The van der Waals surface area contributed by atoms with Gasteiger partial charge in [-0.05, 0) is 38.5 Å². The quantitative estimate of drug-likeness (QED) is 0.859. The van der Waals surface area contributed by atoms with Crippen LogP contribution < -0.4 is 5.32 Å². The molecule has 3 atom stereocenters. The first-order valence-corrected chi connectivity index (χ1v) is 9.00. The minimum atomic E-state index is -2.34. The van der Waals surface area contributed by atoms with Crippen LogP contribution >= 0.6 is 6.57 Å². The van der Waals surface area contributed by atoms with Crippen molar-refractivity contribution in [2.24, 2.45) is 0 Å². The second-order valence-corrected chi connectivity index (χ2v) is 8.96. The fourth-order valence-corrected chi connectivity index (χ4v) is 4.94. The number of hydrogen-bond acceptors (Lipinski definition) is 3. The molecular weight excluding hydrogens is 293 g/mol. The van der Waals surface area contributed by atoms with Crippen molar-refractivity contribution >= 4 is 24.3 Å². The topological polar surface area (TPSA) is 44.8 Å². The van der Waals surface area contributed by atoms with E-state index in [9.17, 15) is 4.79 Å². The van der Waals surface area contributed by atoms with E-state index in [1.54, 1.807) is 7.05 Å². The highest BCUT2D eigenvalue weighted by Crippen LogP contribution is 2.63. The van der Waals surface area contributed by atoms with Crippen LogP contribution in [0.1, 0.15) is 11.6 Å². The van der Waals surface area contributed by atoms with E-state index in [0.717, 1.165) is 5.56 Å². The summed E-state index contributed by atoms with van der Waals surface area (Å²) in [6.45, 7) is -2.34. The van der Waals surface area contributed by atoms with Gasteiger partial charge < -0.3 is 9.84 Å². The Labute approximate surface area is 125 Å². The Morgan fingerprint density at radius 3 is 2.50 bits per heavy atom. The van der Waals surface area contributed by atoms with Gasteiger partial charge in [-0.25, -0.2) is 9.34 Å². The van der Waals surface area contributed by atoms with Gasteiger partial charge in [0.25, 0.3) is 5.91 Å². The average molecular weight is 313 g/mol. The second kappa shape index (κ2) is 5.92. The van der Waals surface area contributed by atoms with Gasteiger partial charge in [-0.1, -0.05) is 30.3 Å². The smallest absolute Gasteiger partial charge is 0.251 e. The average Bonchev–Trinajstić information content (AvgIpc) is 2.73. The molecule has 110 valence electrons. The van der Waals surface area contributed by atoms with Crippen molar-refractivity contribution < 1.29 is 9.32 Å². The number of likely N-dealkylation sites (N-methyl/N-ethyl adjacent to an activating group) is 2. The molecule has 1 aromatic carbocycles. The van der Waals surface area contributed by atoms with Crippen LogP contribution in [0.2, 0.25) is 0 Å². The maximum Gasteiger partial charge on any atom is 0.251 e. The zero-order valence-corrected chi connectivity index (χ0v) is 13.8. The van der Waals surface area contributed by atoms with Gasteiger partial charge in [0.2, 0.25) is 6.57 Å². The van der Waals surface area contributed by atoms with E-state index in [1.807, 2.05) is 60.8 Å². The Kier molecular flexibility index (Phi) is 4.62. The first-order valence-electron chi connectivity index (χ1n) is 6.38. The maximum atomic E-state index is 12.1. The van der Waals surface area contributed by atoms with Gasteiger partial charge in [0.05, 0.1) is 6.04 Å². The molecule has 20 heavy (non-hydrogen) atoms. The minimum Gasteiger partial charge on any atom is -0.357 e. The molecule has 1 amide bonds. The van der Waals surface area contributed by atoms with Crippen molar-refractivity contribution in [3.05, 3.63) is 35.9 Å². The van der Waals surface area contributed by atoms with Crippen molar-refractivity contribution in [1.29, 1.82) is 0 Å². The predicted molar refractivity (Wildman–Crippen MR) is 83.9 cm³/mol. The number of carbonyl (C=O) groups is 1. The molecule has 1 saturated heterocycles. The lowest BCUT2D eigenvalue weighted by Crippen LogP contribution is -2.37. The van der Waals surface area contributed by atoms with Gasteiger partial charge >= 0.3 is 0 Å². The van der Waals surface area contributed by atoms with Gasteiger partial charge in [-0.15, -0.1) is 0 Å². The van der Waals surface area contributed by atoms with Crippen LogP contribution in [0, 0.1) is 0 Å². The molecule has 0 spiro atoms. The molecule has 7 heteroatoms. The number of amides is 1. The third-order valence-corrected chi connectivity index (χ3v) is 8.06. The molecule has 0 aliphatic carbocycles. The van der Waals surface area contributed by atoms with Crippen LogP contribution in [0.5, 0.6) is 0 Å². The highest BCUT2D eigenvalue weighted by Gasteiger charge is 2.49. The Morgan fingerprint density at radius 2 is 2.00 bits per heavy atom. The van der Waals surface area contributed by atoms with E-state index in [2.05, 4.69) is 5.32 Å². The van der Waals surface area contributed by atoms with E-state index in [1.165, 1.54) is 0 Å². The summed E-state index contributed by atoms with van der Waals surface area (Å²) in [4.78, 5) is 12.1. The van der Waals surface area contributed by atoms with Crippen LogP contribution in [0.4, 0.5) is 0 Å². The number of nitrogens with one attached hydrogen (secondary N) is 1. The lowest BCUT2D eigenvalue weighted by atomic mass is 10.0. The first kappa shape index (κ1) is 15.6. The Morgan fingerprint density at radius 1 is 1.40 bits per heavy atom. The van der Waals surface area contributed by atoms with Gasteiger partial charge in [-0.3, -0.25) is 4.79 Å². The molecule has 0 saturated carbocycles. The van der Waals surface area contributed by atoms with E-state index in [0.29, 0.717) is 0 Å². The van der Waals surface area contributed by atoms with Crippen molar-refractivity contribution in [1.82, 2.24) is 14.7 Å². The van der Waals surface area contributed by atoms with Gasteiger partial charge in [0.1, 0.15) is 0 Å². The standard InChI is InChI=1S/C13H20N3O2PS/c1-14-13(17)12-11(10-8-6-5-7-9-10)16(4)19(20,18-12)15(2)3/h5-9,11-12H,1-4H3,(H,14,17)/t11-,12-,19?/m1/s1. The first-order chi connectivity index (χ1) is 9.41. The van der Waals surface area contributed by atoms with Crippen molar-refractivity contribution in [2.75, 3.05) is 28.2 Å². The van der Waals surface area contributed by atoms with Crippen LogP contribution in [0.3, 0.4) is 0 Å². The van der Waals surface area contributed by atoms with Crippen LogP contribution in [-0.4, -0.2) is 49.5 Å². The van der Waals surface area contributed by atoms with Crippen LogP contribution in [0.25, 0.3) is 0 Å². The number of rotatable bonds is 3. The van der Waals surface area contributed by atoms with Gasteiger partial charge in [0, 0.05) is 7.05 Å². The molecule has 1 heterocycles. The summed E-state index contributed by atoms with van der Waals surface area (Å²) in [6.07, 6.45) is -0.583. The lowest BCUT2D eigenvalue weighted by molar-refractivity contribution is -0.127. The zero-order chi connectivity index (χ0) is 14.9. The van der Waals surface area contributed by atoms with Crippen LogP contribution in [-0.2, 0) is 21.1 Å². The second-order valence-electron chi connectivity index (χ2n) is 4.91. The summed E-state index contributed by atoms with van der Waals surface area (Å²) < 4.78 is 9.94. The Balaban J connectivity index is 2.45. The van der Waals surface area contributed by atoms with Gasteiger partial charge in [-0.2, -0.15) is 0 Å². The summed E-state index contributed by atoms with van der Waals surface area (Å²) in [5.74, 6) is -0.140. The molecule has 0 radical (unpaired) electrons. The van der Waals surface area contributed by atoms with E-state index in [4.69, 9.17) is 16.3 Å². The molecule has 0 bridgehead atoms. The normalized spacial score (nSPS) is 30.6. The summed E-state index contributed by atoms with van der Waals surface area (Å²) in [5, 5.41) is 2.67. The monoisotopic (exact) mass is 313 g/mol. The van der Waals surface area contributed by atoms with E-state index >= 15 is 0 Å². The molecule has 1 N–H and O–H groups in total. The molecule has 5 nitrogen and oxygen atoms in total. The molecular formula is C13H20N3O2PS. The molecule has 1 fully saturated rings. The maximum absolute atomic E-state index is 12.1. The summed E-state index contributed by atoms with van der Waals surface area (Å²) in [6, 6.07) is 9.71. The molecule has 1 aliphatic rings. The zero-order valence-electron chi connectivity index (χ0n) is 12.1. The largest absolute Gasteiger partial charge is 0.357 e.